The third-order valence-corrected chi connectivity index (χ3v) is 2.93. The van der Waals surface area contributed by atoms with Gasteiger partial charge in [-0.2, -0.15) is 0 Å². The van der Waals surface area contributed by atoms with Gasteiger partial charge in [0.05, 0.1) is 30.0 Å². The lowest BCUT2D eigenvalue weighted by molar-refractivity contribution is 0.0524. The Morgan fingerprint density at radius 1 is 1.44 bits per heavy atom. The molecule has 5 nitrogen and oxygen atoms in total. The molecule has 2 N–H and O–H groups in total. The molecule has 18 heavy (non-hydrogen) atoms. The van der Waals surface area contributed by atoms with Crippen molar-refractivity contribution in [2.45, 2.75) is 13.5 Å². The summed E-state index contributed by atoms with van der Waals surface area (Å²) in [6, 6.07) is 4.71. The number of phenols is 1. The second-order valence-electron chi connectivity index (χ2n) is 3.96. The third kappa shape index (κ3) is 1.82. The Hall–Kier alpha value is -2.01. The first-order valence-corrected chi connectivity index (χ1v) is 5.68. The first kappa shape index (κ1) is 12.4. The molecule has 0 atom stereocenters. The van der Waals surface area contributed by atoms with E-state index in [0.29, 0.717) is 22.2 Å². The second kappa shape index (κ2) is 4.70. The minimum Gasteiger partial charge on any atom is -0.508 e. The van der Waals surface area contributed by atoms with Gasteiger partial charge in [-0.05, 0) is 19.1 Å². The van der Waals surface area contributed by atoms with Crippen molar-refractivity contribution < 1.29 is 19.7 Å². The van der Waals surface area contributed by atoms with Gasteiger partial charge in [0.25, 0.3) is 0 Å². The molecule has 0 bridgehead atoms. The summed E-state index contributed by atoms with van der Waals surface area (Å²) < 4.78 is 6.68. The average Bonchev–Trinajstić information content (AvgIpc) is 2.62. The lowest BCUT2D eigenvalue weighted by Gasteiger charge is -2.04. The molecule has 1 aromatic heterocycles. The largest absolute Gasteiger partial charge is 0.508 e. The first-order valence-electron chi connectivity index (χ1n) is 5.68. The second-order valence-corrected chi connectivity index (χ2v) is 3.96. The highest BCUT2D eigenvalue weighted by atomic mass is 16.5. The summed E-state index contributed by atoms with van der Waals surface area (Å²) in [6.07, 6.45) is 0. The van der Waals surface area contributed by atoms with Crippen LogP contribution in [0, 0.1) is 0 Å². The van der Waals surface area contributed by atoms with E-state index in [2.05, 4.69) is 0 Å². The van der Waals surface area contributed by atoms with Crippen molar-refractivity contribution in [2.24, 2.45) is 7.05 Å². The van der Waals surface area contributed by atoms with E-state index in [1.807, 2.05) is 0 Å². The molecule has 1 aromatic carbocycles. The molecule has 0 amide bonds. The maximum atomic E-state index is 11.9. The predicted octanol–water partition coefficient (Wildman–Crippen LogP) is 1.55. The Morgan fingerprint density at radius 2 is 2.17 bits per heavy atom. The fraction of sp³-hybridized carbons (Fsp3) is 0.308. The van der Waals surface area contributed by atoms with Crippen LogP contribution in [-0.4, -0.2) is 27.4 Å². The molecule has 0 radical (unpaired) electrons. The molecule has 0 fully saturated rings. The monoisotopic (exact) mass is 249 g/mol. The van der Waals surface area contributed by atoms with Crippen molar-refractivity contribution >= 4 is 16.9 Å². The zero-order chi connectivity index (χ0) is 13.3. The van der Waals surface area contributed by atoms with Crippen LogP contribution >= 0.6 is 0 Å². The van der Waals surface area contributed by atoms with E-state index in [-0.39, 0.29) is 19.0 Å². The molecule has 0 spiro atoms. The minimum absolute atomic E-state index is 0.114. The number of aryl methyl sites for hydroxylation is 1. The highest BCUT2D eigenvalue weighted by Crippen LogP contribution is 2.29. The summed E-state index contributed by atoms with van der Waals surface area (Å²) in [5, 5.41) is 19.5. The summed E-state index contributed by atoms with van der Waals surface area (Å²) in [5.74, 6) is -0.346. The Labute approximate surface area is 104 Å². The SMILES string of the molecule is CCOC(=O)c1c(CO)n(C)c2cc(O)ccc12. The van der Waals surface area contributed by atoms with Crippen LogP contribution in [0.3, 0.4) is 0 Å². The highest BCUT2D eigenvalue weighted by molar-refractivity contribution is 6.06. The number of aromatic hydroxyl groups is 1. The number of rotatable bonds is 3. The summed E-state index contributed by atoms with van der Waals surface area (Å²) in [4.78, 5) is 11.9. The molecule has 0 unspecified atom stereocenters. The molecule has 0 saturated heterocycles. The summed E-state index contributed by atoms with van der Waals surface area (Å²) in [6.45, 7) is 1.74. The van der Waals surface area contributed by atoms with Crippen LogP contribution in [0.15, 0.2) is 18.2 Å². The van der Waals surface area contributed by atoms with Crippen molar-refractivity contribution in [1.29, 1.82) is 0 Å². The van der Waals surface area contributed by atoms with Gasteiger partial charge in [0.15, 0.2) is 0 Å². The molecule has 5 heteroatoms. The zero-order valence-electron chi connectivity index (χ0n) is 10.3. The van der Waals surface area contributed by atoms with Crippen molar-refractivity contribution in [1.82, 2.24) is 4.57 Å². The Bertz CT molecular complexity index is 601. The zero-order valence-corrected chi connectivity index (χ0v) is 10.3. The Balaban J connectivity index is 2.73. The van der Waals surface area contributed by atoms with Crippen LogP contribution in [0.1, 0.15) is 23.0 Å². The van der Waals surface area contributed by atoms with E-state index < -0.39 is 5.97 Å². The number of fused-ring (bicyclic) bond motifs is 1. The Morgan fingerprint density at radius 3 is 2.78 bits per heavy atom. The lowest BCUT2D eigenvalue weighted by atomic mass is 10.1. The fourth-order valence-electron chi connectivity index (χ4n) is 2.09. The predicted molar refractivity (Wildman–Crippen MR) is 66.5 cm³/mol. The minimum atomic E-state index is -0.460. The number of aromatic nitrogens is 1. The molecule has 96 valence electrons. The molecular weight excluding hydrogens is 234 g/mol. The molecule has 1 heterocycles. The molecule has 0 aliphatic rings. The normalized spacial score (nSPS) is 10.8. The van der Waals surface area contributed by atoms with Crippen LogP contribution in [0.25, 0.3) is 10.9 Å². The van der Waals surface area contributed by atoms with E-state index in [4.69, 9.17) is 4.74 Å². The molecule has 2 aromatic rings. The van der Waals surface area contributed by atoms with E-state index in [1.54, 1.807) is 30.7 Å². The smallest absolute Gasteiger partial charge is 0.340 e. The summed E-state index contributed by atoms with van der Waals surface area (Å²) >= 11 is 0. The van der Waals surface area contributed by atoms with Gasteiger partial charge in [-0.25, -0.2) is 4.79 Å². The van der Waals surface area contributed by atoms with E-state index >= 15 is 0 Å². The standard InChI is InChI=1S/C13H15NO4/c1-3-18-13(17)12-9-5-4-8(16)6-10(9)14(2)11(12)7-15/h4-6,15-16H,3,7H2,1-2H3. The number of esters is 1. The molecular formula is C13H15NO4. The van der Waals surface area contributed by atoms with Crippen LogP contribution in [-0.2, 0) is 18.4 Å². The molecule has 0 saturated carbocycles. The topological polar surface area (TPSA) is 71.7 Å². The van der Waals surface area contributed by atoms with Crippen LogP contribution in [0.2, 0.25) is 0 Å². The number of carbonyl (C=O) groups is 1. The van der Waals surface area contributed by atoms with Crippen molar-refractivity contribution in [3.8, 4) is 5.75 Å². The van der Waals surface area contributed by atoms with Gasteiger partial charge in [0, 0.05) is 18.5 Å². The maximum absolute atomic E-state index is 11.9. The number of carbonyl (C=O) groups excluding carboxylic acids is 1. The molecule has 0 aliphatic carbocycles. The number of hydrogen-bond acceptors (Lipinski definition) is 4. The summed E-state index contributed by atoms with van der Waals surface area (Å²) in [5.41, 5.74) is 1.52. The first-order chi connectivity index (χ1) is 8.60. The summed E-state index contributed by atoms with van der Waals surface area (Å²) in [7, 11) is 1.73. The van der Waals surface area contributed by atoms with Gasteiger partial charge in [-0.15, -0.1) is 0 Å². The number of aliphatic hydroxyl groups is 1. The third-order valence-electron chi connectivity index (χ3n) is 2.93. The van der Waals surface area contributed by atoms with E-state index in [9.17, 15) is 15.0 Å². The average molecular weight is 249 g/mol. The van der Waals surface area contributed by atoms with Crippen molar-refractivity contribution in [2.75, 3.05) is 6.61 Å². The van der Waals surface area contributed by atoms with E-state index in [1.165, 1.54) is 6.07 Å². The number of phenolic OH excluding ortho intramolecular Hbond substituents is 1. The van der Waals surface area contributed by atoms with Crippen LogP contribution in [0.4, 0.5) is 0 Å². The van der Waals surface area contributed by atoms with Gasteiger partial charge in [-0.1, -0.05) is 0 Å². The molecule has 0 aliphatic heterocycles. The number of ether oxygens (including phenoxy) is 1. The van der Waals surface area contributed by atoms with E-state index in [0.717, 1.165) is 0 Å². The van der Waals surface area contributed by atoms with Crippen molar-refractivity contribution in [3.63, 3.8) is 0 Å². The van der Waals surface area contributed by atoms with Crippen molar-refractivity contribution in [3.05, 3.63) is 29.5 Å². The number of hydrogen-bond donors (Lipinski definition) is 2. The highest BCUT2D eigenvalue weighted by Gasteiger charge is 2.21. The van der Waals surface area contributed by atoms with Gasteiger partial charge >= 0.3 is 5.97 Å². The fourth-order valence-corrected chi connectivity index (χ4v) is 2.09. The van der Waals surface area contributed by atoms with Crippen LogP contribution in [0.5, 0.6) is 5.75 Å². The number of nitrogens with zero attached hydrogens (tertiary/aromatic N) is 1. The van der Waals surface area contributed by atoms with Gasteiger partial charge in [0.1, 0.15) is 5.75 Å². The quantitative estimate of drug-likeness (QED) is 0.810. The van der Waals surface area contributed by atoms with Gasteiger partial charge in [0.2, 0.25) is 0 Å². The van der Waals surface area contributed by atoms with Gasteiger partial charge < -0.3 is 19.5 Å². The molecule has 2 rings (SSSR count). The van der Waals surface area contributed by atoms with Crippen LogP contribution < -0.4 is 0 Å². The number of benzene rings is 1. The Kier molecular flexibility index (Phi) is 3.25. The maximum Gasteiger partial charge on any atom is 0.340 e. The lowest BCUT2D eigenvalue weighted by Crippen LogP contribution is -2.08. The van der Waals surface area contributed by atoms with Gasteiger partial charge in [-0.3, -0.25) is 0 Å². The number of aliphatic hydroxyl groups excluding tert-OH is 1.